The normalized spacial score (nSPS) is 23.2. The fourth-order valence-electron chi connectivity index (χ4n) is 4.49. The number of nitrogens with one attached hydrogen (secondary N) is 1. The van der Waals surface area contributed by atoms with Crippen molar-refractivity contribution in [3.05, 3.63) is 59.2 Å². The van der Waals surface area contributed by atoms with E-state index in [1.807, 2.05) is 30.4 Å². The number of aliphatic hydroxyl groups excluding tert-OH is 2. The number of benzene rings is 1. The van der Waals surface area contributed by atoms with Gasteiger partial charge >= 0.3 is 0 Å². The smallest absolute Gasteiger partial charge is 0.220 e. The van der Waals surface area contributed by atoms with Gasteiger partial charge < -0.3 is 15.5 Å². The zero-order valence-electron chi connectivity index (χ0n) is 21.0. The van der Waals surface area contributed by atoms with Gasteiger partial charge in [-0.3, -0.25) is 20.0 Å². The van der Waals surface area contributed by atoms with Crippen molar-refractivity contribution < 1.29 is 30.3 Å². The van der Waals surface area contributed by atoms with Crippen LogP contribution in [0, 0.1) is 17.8 Å². The van der Waals surface area contributed by atoms with Gasteiger partial charge in [0.25, 0.3) is 0 Å². The van der Waals surface area contributed by atoms with Crippen LogP contribution in [0.1, 0.15) is 57.4 Å². The molecule has 0 unspecified atom stereocenters. The van der Waals surface area contributed by atoms with Crippen LogP contribution < -0.4 is 5.32 Å². The number of amides is 1. The number of unbranched alkanes of at least 4 members (excludes halogenated alkanes) is 1. The summed E-state index contributed by atoms with van der Waals surface area (Å²) in [6.07, 6.45) is 12.6. The third kappa shape index (κ3) is 12.0. The lowest BCUT2D eigenvalue weighted by atomic mass is 9.88. The highest BCUT2D eigenvalue weighted by Gasteiger charge is 2.39. The predicted molar refractivity (Wildman–Crippen MR) is 138 cm³/mol. The predicted octanol–water partition coefficient (Wildman–Crippen LogP) is 4.46. The van der Waals surface area contributed by atoms with Crippen LogP contribution in [-0.4, -0.2) is 57.3 Å². The second-order valence-corrected chi connectivity index (χ2v) is 9.97. The summed E-state index contributed by atoms with van der Waals surface area (Å²) in [5.74, 6) is 0.198. The molecule has 2 rings (SSSR count). The number of carbonyl (C=O) groups is 1. The summed E-state index contributed by atoms with van der Waals surface area (Å²) in [6.45, 7) is 2.66. The van der Waals surface area contributed by atoms with Crippen LogP contribution in [0.4, 0.5) is 0 Å². The first-order valence-corrected chi connectivity index (χ1v) is 13.2. The molecule has 9 heteroatoms. The van der Waals surface area contributed by atoms with Crippen molar-refractivity contribution in [1.82, 2.24) is 10.7 Å². The molecule has 0 saturated heterocycles. The minimum atomic E-state index is -0.540. The molecule has 0 aliphatic heterocycles. The average Bonchev–Trinajstić information content (AvgIpc) is 3.10. The zero-order chi connectivity index (χ0) is 26.3. The Morgan fingerprint density at radius 3 is 2.81 bits per heavy atom. The largest absolute Gasteiger partial charge is 0.393 e. The summed E-state index contributed by atoms with van der Waals surface area (Å²) in [5.41, 5.74) is 1.21. The Morgan fingerprint density at radius 1 is 1.25 bits per heavy atom. The van der Waals surface area contributed by atoms with Crippen molar-refractivity contribution in [2.45, 2.75) is 70.5 Å². The topological polar surface area (TPSA) is 122 Å². The van der Waals surface area contributed by atoms with Crippen LogP contribution in [0.25, 0.3) is 0 Å². The molecule has 202 valence electrons. The first kappa shape index (κ1) is 30.4. The summed E-state index contributed by atoms with van der Waals surface area (Å²) in [6, 6.07) is 7.91. The van der Waals surface area contributed by atoms with Gasteiger partial charge in [-0.15, -0.1) is 0 Å². The van der Waals surface area contributed by atoms with E-state index in [1.165, 1.54) is 5.56 Å². The van der Waals surface area contributed by atoms with E-state index in [2.05, 4.69) is 35.3 Å². The second-order valence-electron chi connectivity index (χ2n) is 9.53. The maximum atomic E-state index is 11.8. The Hall–Kier alpha value is -1.78. The number of allylic oxidation sites excluding steroid dienone is 3. The molecule has 36 heavy (non-hydrogen) atoms. The van der Waals surface area contributed by atoms with Crippen LogP contribution in [-0.2, 0) is 16.1 Å². The number of halogens is 1. The van der Waals surface area contributed by atoms with Crippen molar-refractivity contribution in [2.75, 3.05) is 13.2 Å². The van der Waals surface area contributed by atoms with E-state index in [0.717, 1.165) is 24.3 Å². The molecule has 0 bridgehead atoms. The number of aliphatic hydroxyl groups is 2. The Kier molecular flexibility index (Phi) is 14.3. The van der Waals surface area contributed by atoms with Crippen LogP contribution in [0.3, 0.4) is 0 Å². The summed E-state index contributed by atoms with van der Waals surface area (Å²) in [5, 5.41) is 40.9. The molecular formula is C27H41ClN2O6. The summed E-state index contributed by atoms with van der Waals surface area (Å²) in [4.78, 5) is 16.2. The standard InChI is InChI=1S/C27H41ClN2O6/c1-20(12-14-21-8-6-9-22(28)18-21)13-15-24-23(25(31)19-26(24)32)10-4-2-3-5-11-27(33)29-16-7-17-36-30(34)35/h2,4,6,8-9,13,15,18,20,23-26,31-32,34-35H,3,5,7,10-12,14,16-17,19H2,1H3,(H,29,33)/b4-2-,15-13+/t20-,23+,24+,25-,26+/m0/s1. The van der Waals surface area contributed by atoms with Gasteiger partial charge in [0, 0.05) is 30.3 Å². The molecule has 1 aliphatic rings. The van der Waals surface area contributed by atoms with Gasteiger partial charge in [0.15, 0.2) is 0 Å². The van der Waals surface area contributed by atoms with Crippen molar-refractivity contribution >= 4 is 17.5 Å². The van der Waals surface area contributed by atoms with Crippen LogP contribution in [0.5, 0.6) is 0 Å². The van der Waals surface area contributed by atoms with Crippen LogP contribution >= 0.6 is 11.6 Å². The van der Waals surface area contributed by atoms with Crippen molar-refractivity contribution in [3.63, 3.8) is 0 Å². The van der Waals surface area contributed by atoms with Gasteiger partial charge in [0.2, 0.25) is 5.91 Å². The minimum absolute atomic E-state index is 0.0214. The Bertz CT molecular complexity index is 834. The monoisotopic (exact) mass is 524 g/mol. The molecule has 0 heterocycles. The molecule has 5 N–H and O–H groups in total. The fraction of sp³-hybridized carbons (Fsp3) is 0.593. The maximum absolute atomic E-state index is 11.8. The lowest BCUT2D eigenvalue weighted by Gasteiger charge is -2.20. The fourth-order valence-corrected chi connectivity index (χ4v) is 4.71. The maximum Gasteiger partial charge on any atom is 0.220 e. The quantitative estimate of drug-likeness (QED) is 0.123. The van der Waals surface area contributed by atoms with Crippen molar-refractivity contribution in [3.8, 4) is 0 Å². The Labute approximate surface area is 219 Å². The van der Waals surface area contributed by atoms with E-state index in [-0.39, 0.29) is 29.7 Å². The van der Waals surface area contributed by atoms with Crippen molar-refractivity contribution in [2.24, 2.45) is 17.8 Å². The van der Waals surface area contributed by atoms with E-state index in [0.29, 0.717) is 44.6 Å². The second kappa shape index (κ2) is 16.9. The summed E-state index contributed by atoms with van der Waals surface area (Å²) >= 11 is 6.07. The Morgan fingerprint density at radius 2 is 2.06 bits per heavy atom. The molecule has 1 saturated carbocycles. The molecule has 0 aromatic heterocycles. The third-order valence-corrected chi connectivity index (χ3v) is 6.79. The lowest BCUT2D eigenvalue weighted by Crippen LogP contribution is -2.25. The molecule has 1 aromatic carbocycles. The first-order valence-electron chi connectivity index (χ1n) is 12.8. The van der Waals surface area contributed by atoms with Gasteiger partial charge in [0.05, 0.1) is 24.2 Å². The van der Waals surface area contributed by atoms with Gasteiger partial charge in [-0.1, -0.05) is 55.0 Å². The number of carbonyl (C=O) groups excluding carboxylic acids is 1. The molecular weight excluding hydrogens is 484 g/mol. The van der Waals surface area contributed by atoms with Gasteiger partial charge in [-0.25, -0.2) is 0 Å². The molecule has 0 radical (unpaired) electrons. The number of hydrogen-bond acceptors (Lipinski definition) is 7. The minimum Gasteiger partial charge on any atom is -0.393 e. The van der Waals surface area contributed by atoms with Crippen molar-refractivity contribution in [1.29, 1.82) is 0 Å². The highest BCUT2D eigenvalue weighted by molar-refractivity contribution is 6.30. The number of rotatable bonds is 16. The number of nitrogens with zero attached hydrogens (tertiary/aromatic N) is 1. The Balaban J connectivity index is 1.68. The summed E-state index contributed by atoms with van der Waals surface area (Å²) < 4.78 is 0. The van der Waals surface area contributed by atoms with Gasteiger partial charge in [0.1, 0.15) is 0 Å². The molecule has 1 fully saturated rings. The molecule has 1 aliphatic carbocycles. The van der Waals surface area contributed by atoms with E-state index >= 15 is 0 Å². The molecule has 1 amide bonds. The van der Waals surface area contributed by atoms with E-state index in [1.54, 1.807) is 0 Å². The first-order chi connectivity index (χ1) is 17.3. The van der Waals surface area contributed by atoms with E-state index in [9.17, 15) is 15.0 Å². The van der Waals surface area contributed by atoms with E-state index < -0.39 is 12.2 Å². The molecule has 0 spiro atoms. The average molecular weight is 525 g/mol. The van der Waals surface area contributed by atoms with E-state index in [4.69, 9.17) is 22.0 Å². The summed E-state index contributed by atoms with van der Waals surface area (Å²) in [7, 11) is 0. The van der Waals surface area contributed by atoms with Crippen LogP contribution in [0.15, 0.2) is 48.6 Å². The molecule has 1 aromatic rings. The molecule has 5 atom stereocenters. The highest BCUT2D eigenvalue weighted by Crippen LogP contribution is 2.36. The molecule has 8 nitrogen and oxygen atoms in total. The highest BCUT2D eigenvalue weighted by atomic mass is 35.5. The SMILES string of the molecule is C[C@H](/C=C/[C@@H]1[C@@H](C/C=C\CCCC(=O)NCCCON(O)O)[C@@H](O)C[C@H]1O)CCc1cccc(Cl)c1. The zero-order valence-corrected chi connectivity index (χ0v) is 21.8. The van der Waals surface area contributed by atoms with Gasteiger partial charge in [-0.05, 0) is 68.1 Å². The lowest BCUT2D eigenvalue weighted by molar-refractivity contribution is -0.492. The third-order valence-electron chi connectivity index (χ3n) is 6.55. The number of hydrogen-bond donors (Lipinski definition) is 5. The van der Waals surface area contributed by atoms with Gasteiger partial charge in [-0.2, -0.15) is 0 Å². The number of aryl methyl sites for hydroxylation is 1. The van der Waals surface area contributed by atoms with Crippen LogP contribution in [0.2, 0.25) is 5.02 Å².